The Morgan fingerprint density at radius 2 is 2.05 bits per heavy atom. The third-order valence-corrected chi connectivity index (χ3v) is 5.73. The van der Waals surface area contributed by atoms with Crippen LogP contribution >= 0.6 is 0 Å². The number of carbonyl (C=O) groups is 1. The highest BCUT2D eigenvalue weighted by molar-refractivity contribution is 5.70. The van der Waals surface area contributed by atoms with Gasteiger partial charge >= 0.3 is 5.97 Å². The average molecular weight is 272 g/mol. The maximum Gasteiger partial charge on any atom is 0.304 e. The van der Waals surface area contributed by atoms with E-state index >= 15 is 0 Å². The highest BCUT2D eigenvalue weighted by Crippen LogP contribution is 2.65. The maximum absolute atomic E-state index is 13.2. The molecule has 0 aliphatic heterocycles. The van der Waals surface area contributed by atoms with Crippen LogP contribution in [0.15, 0.2) is 35.9 Å². The number of benzene rings is 1. The molecule has 1 N–H and O–H groups in total. The molecule has 0 radical (unpaired) electrons. The zero-order valence-corrected chi connectivity index (χ0v) is 11.2. The molecule has 0 amide bonds. The Morgan fingerprint density at radius 1 is 1.30 bits per heavy atom. The van der Waals surface area contributed by atoms with E-state index in [4.69, 9.17) is 0 Å². The zero-order chi connectivity index (χ0) is 13.9. The molecule has 20 heavy (non-hydrogen) atoms. The normalized spacial score (nSPS) is 37.2. The van der Waals surface area contributed by atoms with Gasteiger partial charge in [-0.1, -0.05) is 23.8 Å². The number of allylic oxidation sites excluding steroid dienone is 2. The van der Waals surface area contributed by atoms with Gasteiger partial charge in [-0.25, -0.2) is 4.39 Å². The SMILES string of the molecule is O=C(O)CC1(c2ccc(F)cc2)C2CC3=CC(C2)C1C3. The molecule has 4 aliphatic rings. The Kier molecular flexibility index (Phi) is 2.39. The van der Waals surface area contributed by atoms with E-state index in [1.165, 1.54) is 17.7 Å². The van der Waals surface area contributed by atoms with Gasteiger partial charge in [0, 0.05) is 5.41 Å². The average Bonchev–Trinajstić information content (AvgIpc) is 2.80. The second-order valence-electron chi connectivity index (χ2n) is 6.55. The molecule has 0 heterocycles. The van der Waals surface area contributed by atoms with E-state index in [9.17, 15) is 14.3 Å². The highest BCUT2D eigenvalue weighted by Gasteiger charge is 2.60. The fourth-order valence-corrected chi connectivity index (χ4v) is 5.13. The Hall–Kier alpha value is -1.64. The van der Waals surface area contributed by atoms with Gasteiger partial charge in [-0.15, -0.1) is 0 Å². The summed E-state index contributed by atoms with van der Waals surface area (Å²) in [6.45, 7) is 0. The molecule has 0 spiro atoms. The minimum Gasteiger partial charge on any atom is -0.481 e. The highest BCUT2D eigenvalue weighted by atomic mass is 19.1. The summed E-state index contributed by atoms with van der Waals surface area (Å²) in [5, 5.41) is 9.42. The molecule has 1 aromatic carbocycles. The van der Waals surface area contributed by atoms with Crippen molar-refractivity contribution in [3.05, 3.63) is 47.3 Å². The summed E-state index contributed by atoms with van der Waals surface area (Å²) < 4.78 is 13.2. The second-order valence-corrected chi connectivity index (χ2v) is 6.55. The van der Waals surface area contributed by atoms with Gasteiger partial charge in [0.2, 0.25) is 0 Å². The summed E-state index contributed by atoms with van der Waals surface area (Å²) in [7, 11) is 0. The first-order chi connectivity index (χ1) is 9.59. The van der Waals surface area contributed by atoms with Crippen LogP contribution in [0.25, 0.3) is 0 Å². The third kappa shape index (κ3) is 1.46. The molecule has 2 fully saturated rings. The minimum atomic E-state index is -0.740. The van der Waals surface area contributed by atoms with Gasteiger partial charge < -0.3 is 5.11 Å². The second kappa shape index (κ2) is 3.94. The minimum absolute atomic E-state index is 0.172. The summed E-state index contributed by atoms with van der Waals surface area (Å²) in [5.74, 6) is 0.349. The van der Waals surface area contributed by atoms with Crippen LogP contribution in [0, 0.1) is 23.6 Å². The lowest BCUT2D eigenvalue weighted by atomic mass is 9.60. The molecule has 0 aromatic heterocycles. The number of rotatable bonds is 3. The number of hydrogen-bond acceptors (Lipinski definition) is 1. The van der Waals surface area contributed by atoms with Crippen LogP contribution in [-0.4, -0.2) is 11.1 Å². The quantitative estimate of drug-likeness (QED) is 0.855. The van der Waals surface area contributed by atoms with E-state index in [-0.39, 0.29) is 17.7 Å². The number of halogens is 1. The van der Waals surface area contributed by atoms with Gasteiger partial charge in [-0.3, -0.25) is 4.79 Å². The van der Waals surface area contributed by atoms with Crippen molar-refractivity contribution in [3.8, 4) is 0 Å². The van der Waals surface area contributed by atoms with Crippen molar-refractivity contribution in [1.82, 2.24) is 0 Å². The Labute approximate surface area is 117 Å². The van der Waals surface area contributed by atoms with Crippen LogP contribution < -0.4 is 0 Å². The summed E-state index contributed by atoms with van der Waals surface area (Å²) in [6.07, 6.45) is 5.70. The van der Waals surface area contributed by atoms with E-state index in [0.29, 0.717) is 17.8 Å². The first-order valence-electron chi connectivity index (χ1n) is 7.27. The Bertz CT molecular complexity index is 604. The largest absolute Gasteiger partial charge is 0.481 e. The molecule has 104 valence electrons. The molecule has 0 saturated heterocycles. The van der Waals surface area contributed by atoms with Gasteiger partial charge in [0.1, 0.15) is 5.82 Å². The molecule has 4 unspecified atom stereocenters. The van der Waals surface area contributed by atoms with E-state index < -0.39 is 5.97 Å². The number of aliphatic carboxylic acids is 1. The standard InChI is InChI=1S/C17H17FO2/c18-14-3-1-12(2-4-14)17(9-16(19)20)13-6-10-5-11(8-13)15(17)7-10/h1-5,11,13,15H,6-9H2,(H,19,20). The van der Waals surface area contributed by atoms with Crippen LogP contribution in [0.2, 0.25) is 0 Å². The first kappa shape index (κ1) is 12.1. The van der Waals surface area contributed by atoms with Crippen LogP contribution in [0.4, 0.5) is 4.39 Å². The predicted octanol–water partition coefficient (Wildman–Crippen LogP) is 3.52. The lowest BCUT2D eigenvalue weighted by Crippen LogP contribution is -2.42. The molecule has 4 aliphatic carbocycles. The maximum atomic E-state index is 13.2. The Morgan fingerprint density at radius 3 is 2.70 bits per heavy atom. The van der Waals surface area contributed by atoms with Gasteiger partial charge in [0.25, 0.3) is 0 Å². The van der Waals surface area contributed by atoms with E-state index in [1.807, 2.05) is 0 Å². The Balaban J connectivity index is 1.84. The first-order valence-corrected chi connectivity index (χ1v) is 7.27. The molecule has 2 nitrogen and oxygen atoms in total. The number of hydrogen-bond donors (Lipinski definition) is 1. The third-order valence-electron chi connectivity index (χ3n) is 5.73. The zero-order valence-electron chi connectivity index (χ0n) is 11.2. The topological polar surface area (TPSA) is 37.3 Å². The number of carboxylic acid groups (broad SMARTS) is 1. The molecular weight excluding hydrogens is 255 g/mol. The summed E-state index contributed by atoms with van der Waals surface area (Å²) in [6, 6.07) is 6.54. The van der Waals surface area contributed by atoms with E-state index in [2.05, 4.69) is 6.08 Å². The van der Waals surface area contributed by atoms with Gasteiger partial charge in [0.05, 0.1) is 6.42 Å². The lowest BCUT2D eigenvalue weighted by Gasteiger charge is -2.43. The van der Waals surface area contributed by atoms with Crippen LogP contribution in [0.5, 0.6) is 0 Å². The van der Waals surface area contributed by atoms with Crippen molar-refractivity contribution < 1.29 is 14.3 Å². The van der Waals surface area contributed by atoms with Crippen molar-refractivity contribution in [1.29, 1.82) is 0 Å². The van der Waals surface area contributed by atoms with Crippen molar-refractivity contribution in [2.75, 3.05) is 0 Å². The van der Waals surface area contributed by atoms with Crippen molar-refractivity contribution in [2.45, 2.75) is 31.1 Å². The summed E-state index contributed by atoms with van der Waals surface area (Å²) in [4.78, 5) is 11.5. The van der Waals surface area contributed by atoms with E-state index in [1.54, 1.807) is 12.1 Å². The van der Waals surface area contributed by atoms with Gasteiger partial charge in [-0.2, -0.15) is 0 Å². The van der Waals surface area contributed by atoms with Gasteiger partial charge in [-0.05, 0) is 54.7 Å². The van der Waals surface area contributed by atoms with Gasteiger partial charge in [0.15, 0.2) is 0 Å². The van der Waals surface area contributed by atoms with Crippen LogP contribution in [0.3, 0.4) is 0 Å². The molecule has 4 atom stereocenters. The van der Waals surface area contributed by atoms with Crippen LogP contribution in [-0.2, 0) is 10.2 Å². The fourth-order valence-electron chi connectivity index (χ4n) is 5.13. The predicted molar refractivity (Wildman–Crippen MR) is 72.7 cm³/mol. The summed E-state index contributed by atoms with van der Waals surface area (Å²) in [5.41, 5.74) is 2.24. The van der Waals surface area contributed by atoms with Crippen molar-refractivity contribution in [2.24, 2.45) is 17.8 Å². The van der Waals surface area contributed by atoms with E-state index in [0.717, 1.165) is 24.8 Å². The molecular formula is C17H17FO2. The smallest absolute Gasteiger partial charge is 0.304 e. The van der Waals surface area contributed by atoms with Crippen LogP contribution in [0.1, 0.15) is 31.2 Å². The van der Waals surface area contributed by atoms with Crippen molar-refractivity contribution >= 4 is 5.97 Å². The molecule has 5 rings (SSSR count). The summed E-state index contributed by atoms with van der Waals surface area (Å²) >= 11 is 0. The molecule has 2 saturated carbocycles. The molecule has 1 aromatic rings. The lowest BCUT2D eigenvalue weighted by molar-refractivity contribution is -0.139. The molecule has 3 heteroatoms. The van der Waals surface area contributed by atoms with Crippen molar-refractivity contribution in [3.63, 3.8) is 0 Å². The molecule has 4 bridgehead atoms. The fraction of sp³-hybridized carbons (Fsp3) is 0.471. The number of carboxylic acids is 1. The monoisotopic (exact) mass is 272 g/mol.